The van der Waals surface area contributed by atoms with E-state index in [0.29, 0.717) is 0 Å². The highest BCUT2D eigenvalue weighted by Gasteiger charge is 2.03. The molecule has 0 aliphatic heterocycles. The molecular formula is C13H19N7O4S. The van der Waals surface area contributed by atoms with E-state index in [1.165, 1.54) is 12.1 Å². The maximum atomic E-state index is 10.6. The molecule has 0 spiro atoms. The summed E-state index contributed by atoms with van der Waals surface area (Å²) < 4.78 is 21.2. The number of carbonyl (C=O) groups is 1. The molecule has 0 saturated heterocycles. The van der Waals surface area contributed by atoms with Gasteiger partial charge >= 0.3 is 5.97 Å². The first-order valence-electron chi connectivity index (χ1n) is 6.78. The molecule has 1 aromatic carbocycles. The summed E-state index contributed by atoms with van der Waals surface area (Å²) in [5, 5.41) is 31.1. The number of hydrogen-bond acceptors (Lipinski definition) is 7. The Hall–Kier alpha value is -3.12. The van der Waals surface area contributed by atoms with E-state index < -0.39 is 16.0 Å². The molecule has 0 aliphatic carbocycles. The molecule has 5 N–H and O–H groups in total. The standard InChI is InChI=1S/C6H7NO2S.C3H6O2.2C2H3N3/c7-10(8,9)6-4-2-1-3-5-6;1-2-3(4)5;2*1-2-4-5-3-1/h1-5H,(H2,7,8,9);2H2,1H3,(H,4,5);2*1-2H,(H,3,4,5). The van der Waals surface area contributed by atoms with Crippen molar-refractivity contribution in [3.8, 4) is 0 Å². The average molecular weight is 369 g/mol. The fraction of sp³-hybridized carbons (Fsp3) is 0.154. The van der Waals surface area contributed by atoms with E-state index in [-0.39, 0.29) is 11.3 Å². The van der Waals surface area contributed by atoms with Crippen molar-refractivity contribution >= 4 is 16.0 Å². The third-order valence-corrected chi connectivity index (χ3v) is 2.97. The quantitative estimate of drug-likeness (QED) is 0.501. The van der Waals surface area contributed by atoms with Crippen LogP contribution in [0.1, 0.15) is 13.3 Å². The van der Waals surface area contributed by atoms with E-state index in [1.54, 1.807) is 49.9 Å². The Balaban J connectivity index is 0.000000328. The minimum atomic E-state index is -3.50. The van der Waals surface area contributed by atoms with Crippen molar-refractivity contribution in [1.29, 1.82) is 0 Å². The Bertz CT molecular complexity index is 686. The highest BCUT2D eigenvalue weighted by Crippen LogP contribution is 2.02. The van der Waals surface area contributed by atoms with Crippen LogP contribution < -0.4 is 5.14 Å². The molecule has 0 aliphatic rings. The number of aromatic amines is 2. The zero-order valence-corrected chi connectivity index (χ0v) is 14.2. The zero-order chi connectivity index (χ0) is 19.0. The number of aliphatic carboxylic acids is 1. The van der Waals surface area contributed by atoms with Crippen LogP contribution in [0.2, 0.25) is 0 Å². The zero-order valence-electron chi connectivity index (χ0n) is 13.3. The van der Waals surface area contributed by atoms with Crippen LogP contribution in [0.3, 0.4) is 0 Å². The minimum absolute atomic E-state index is 0.148. The molecule has 0 bridgehead atoms. The number of benzene rings is 1. The number of nitrogens with two attached hydrogens (primary N) is 1. The first-order chi connectivity index (χ1) is 11.9. The van der Waals surface area contributed by atoms with Gasteiger partial charge in [0.2, 0.25) is 10.0 Å². The number of nitrogens with one attached hydrogen (secondary N) is 2. The van der Waals surface area contributed by atoms with Gasteiger partial charge in [-0.3, -0.25) is 15.0 Å². The highest BCUT2D eigenvalue weighted by molar-refractivity contribution is 7.89. The van der Waals surface area contributed by atoms with Crippen LogP contribution in [0.15, 0.2) is 60.0 Å². The largest absolute Gasteiger partial charge is 0.481 e. The molecule has 3 aromatic rings. The average Bonchev–Trinajstić information content (AvgIpc) is 3.33. The van der Waals surface area contributed by atoms with Crippen molar-refractivity contribution in [2.75, 3.05) is 0 Å². The van der Waals surface area contributed by atoms with Gasteiger partial charge in [0.1, 0.15) is 0 Å². The number of nitrogens with zero attached hydrogens (tertiary/aromatic N) is 4. The molecule has 11 nitrogen and oxygen atoms in total. The normalized spacial score (nSPS) is 9.20. The number of carboxylic acids is 1. The van der Waals surface area contributed by atoms with Crippen molar-refractivity contribution in [1.82, 2.24) is 30.8 Å². The molecule has 12 heteroatoms. The van der Waals surface area contributed by atoms with Gasteiger partial charge in [-0.15, -0.1) is 10.2 Å². The number of hydrogen-bond donors (Lipinski definition) is 4. The van der Waals surface area contributed by atoms with Gasteiger partial charge in [0.15, 0.2) is 0 Å². The number of aromatic nitrogens is 6. The van der Waals surface area contributed by atoms with Crippen molar-refractivity contribution < 1.29 is 18.3 Å². The van der Waals surface area contributed by atoms with Crippen molar-refractivity contribution in [2.24, 2.45) is 5.14 Å². The van der Waals surface area contributed by atoms with Crippen LogP contribution in [0.5, 0.6) is 0 Å². The Kier molecular flexibility index (Phi) is 11.7. The van der Waals surface area contributed by atoms with Crippen LogP contribution in [0.25, 0.3) is 0 Å². The fourth-order valence-electron chi connectivity index (χ4n) is 0.944. The predicted molar refractivity (Wildman–Crippen MR) is 88.5 cm³/mol. The molecule has 2 aromatic heterocycles. The summed E-state index contributed by atoms with van der Waals surface area (Å²) in [4.78, 5) is 9.52. The Morgan fingerprint density at radius 3 is 1.68 bits per heavy atom. The molecule has 0 amide bonds. The molecule has 0 radical (unpaired) electrons. The molecule has 136 valence electrons. The van der Waals surface area contributed by atoms with E-state index in [4.69, 9.17) is 10.2 Å². The van der Waals surface area contributed by atoms with Gasteiger partial charge in [0.05, 0.1) is 17.3 Å². The first kappa shape index (κ1) is 21.9. The number of rotatable bonds is 2. The summed E-state index contributed by atoms with van der Waals surface area (Å²) in [6, 6.07) is 7.89. The van der Waals surface area contributed by atoms with Crippen molar-refractivity contribution in [3.63, 3.8) is 0 Å². The van der Waals surface area contributed by atoms with Crippen LogP contribution in [-0.4, -0.2) is 50.3 Å². The van der Waals surface area contributed by atoms with E-state index >= 15 is 0 Å². The van der Waals surface area contributed by atoms with E-state index in [0.717, 1.165) is 0 Å². The number of H-pyrrole nitrogens is 2. The molecular weight excluding hydrogens is 350 g/mol. The number of carboxylic acid groups (broad SMARTS) is 1. The number of sulfonamides is 1. The molecule has 0 fully saturated rings. The third kappa shape index (κ3) is 14.2. The predicted octanol–water partition coefficient (Wildman–Crippen LogP) is 0.424. The number of primary sulfonamides is 1. The first-order valence-corrected chi connectivity index (χ1v) is 8.33. The van der Waals surface area contributed by atoms with Gasteiger partial charge in [-0.2, -0.15) is 0 Å². The third-order valence-electron chi connectivity index (χ3n) is 2.04. The molecule has 25 heavy (non-hydrogen) atoms. The fourth-order valence-corrected chi connectivity index (χ4v) is 1.48. The molecule has 0 atom stereocenters. The van der Waals surface area contributed by atoms with Crippen molar-refractivity contribution in [2.45, 2.75) is 18.2 Å². The second-order valence-corrected chi connectivity index (χ2v) is 5.49. The van der Waals surface area contributed by atoms with E-state index in [2.05, 4.69) is 30.8 Å². The van der Waals surface area contributed by atoms with Crippen LogP contribution >= 0.6 is 0 Å². The minimum Gasteiger partial charge on any atom is -0.481 e. The maximum absolute atomic E-state index is 10.6. The van der Waals surface area contributed by atoms with Crippen LogP contribution in [0, 0.1) is 0 Å². The Labute approximate surface area is 144 Å². The Morgan fingerprint density at radius 2 is 1.52 bits per heavy atom. The van der Waals surface area contributed by atoms with E-state index in [1.807, 2.05) is 0 Å². The van der Waals surface area contributed by atoms with Gasteiger partial charge in [-0.25, -0.2) is 13.6 Å². The highest BCUT2D eigenvalue weighted by atomic mass is 32.2. The lowest BCUT2D eigenvalue weighted by atomic mass is 10.4. The second kappa shape index (κ2) is 13.3. The van der Waals surface area contributed by atoms with Gasteiger partial charge in [-0.1, -0.05) is 35.5 Å². The van der Waals surface area contributed by atoms with Crippen LogP contribution in [-0.2, 0) is 14.8 Å². The summed E-state index contributed by atoms with van der Waals surface area (Å²) in [7, 11) is -3.50. The van der Waals surface area contributed by atoms with Gasteiger partial charge in [0.25, 0.3) is 0 Å². The van der Waals surface area contributed by atoms with E-state index in [9.17, 15) is 13.2 Å². The molecule has 2 heterocycles. The lowest BCUT2D eigenvalue weighted by molar-refractivity contribution is -0.136. The lowest BCUT2D eigenvalue weighted by Gasteiger charge is -1.93. The SMILES string of the molecule is CCC(=O)O.NS(=O)(=O)c1ccccc1.c1c[nH]nn1.c1c[nH]nn1. The molecule has 0 saturated carbocycles. The smallest absolute Gasteiger partial charge is 0.303 e. The van der Waals surface area contributed by atoms with Gasteiger partial charge < -0.3 is 5.11 Å². The summed E-state index contributed by atoms with van der Waals surface area (Å²) >= 11 is 0. The molecule has 0 unspecified atom stereocenters. The Morgan fingerprint density at radius 1 is 1.08 bits per heavy atom. The summed E-state index contributed by atoms with van der Waals surface area (Å²) in [5.74, 6) is -0.745. The molecule has 3 rings (SSSR count). The summed E-state index contributed by atoms with van der Waals surface area (Å²) in [6.45, 7) is 1.60. The summed E-state index contributed by atoms with van der Waals surface area (Å²) in [5.41, 5.74) is 0. The monoisotopic (exact) mass is 369 g/mol. The van der Waals surface area contributed by atoms with Crippen molar-refractivity contribution in [3.05, 3.63) is 55.1 Å². The van der Waals surface area contributed by atoms with Gasteiger partial charge in [-0.05, 0) is 12.1 Å². The van der Waals surface area contributed by atoms with Gasteiger partial charge in [0, 0.05) is 18.8 Å². The van der Waals surface area contributed by atoms with Crippen LogP contribution in [0.4, 0.5) is 0 Å². The lowest BCUT2D eigenvalue weighted by Crippen LogP contribution is -2.11. The summed E-state index contributed by atoms with van der Waals surface area (Å²) in [6.07, 6.45) is 6.69. The second-order valence-electron chi connectivity index (χ2n) is 3.93. The maximum Gasteiger partial charge on any atom is 0.303 e. The topological polar surface area (TPSA) is 181 Å².